The van der Waals surface area contributed by atoms with Crippen LogP contribution in [0, 0.1) is 5.82 Å². The van der Waals surface area contributed by atoms with Crippen LogP contribution >= 0.6 is 0 Å². The highest BCUT2D eigenvalue weighted by molar-refractivity contribution is 5.55. The number of nitrogens with one attached hydrogen (secondary N) is 2. The lowest BCUT2D eigenvalue weighted by atomic mass is 10.0. The van der Waals surface area contributed by atoms with Gasteiger partial charge in [-0.25, -0.2) is 9.37 Å². The molecule has 0 amide bonds. The zero-order valence-corrected chi connectivity index (χ0v) is 13.3. The lowest BCUT2D eigenvalue weighted by Gasteiger charge is -2.34. The van der Waals surface area contributed by atoms with E-state index in [0.717, 1.165) is 43.0 Å². The van der Waals surface area contributed by atoms with E-state index in [1.54, 1.807) is 18.5 Å². The third-order valence-electron chi connectivity index (χ3n) is 4.39. The molecule has 0 spiro atoms. The molecule has 124 valence electrons. The van der Waals surface area contributed by atoms with Gasteiger partial charge in [0.25, 0.3) is 0 Å². The Kier molecular flexibility index (Phi) is 4.93. The normalized spacial score (nSPS) is 17.4. The number of aliphatic hydroxyl groups excluding tert-OH is 1. The smallest absolute Gasteiger partial charge is 0.123 e. The van der Waals surface area contributed by atoms with Gasteiger partial charge >= 0.3 is 0 Å². The average molecular weight is 318 g/mol. The summed E-state index contributed by atoms with van der Waals surface area (Å²) >= 11 is 0. The number of H-pyrrole nitrogens is 1. The molecule has 0 aliphatic carbocycles. The Morgan fingerprint density at radius 2 is 2.22 bits per heavy atom. The molecular formula is C17H23FN4O. The van der Waals surface area contributed by atoms with Gasteiger partial charge in [-0.15, -0.1) is 0 Å². The Morgan fingerprint density at radius 3 is 2.91 bits per heavy atom. The van der Waals surface area contributed by atoms with Gasteiger partial charge < -0.3 is 20.3 Å². The van der Waals surface area contributed by atoms with Gasteiger partial charge in [-0.3, -0.25) is 0 Å². The van der Waals surface area contributed by atoms with Gasteiger partial charge in [0.2, 0.25) is 0 Å². The third-order valence-corrected chi connectivity index (χ3v) is 4.39. The van der Waals surface area contributed by atoms with Crippen molar-refractivity contribution in [2.45, 2.75) is 38.5 Å². The van der Waals surface area contributed by atoms with Crippen LogP contribution in [0.4, 0.5) is 10.1 Å². The summed E-state index contributed by atoms with van der Waals surface area (Å²) in [5.74, 6) is 0.628. The first-order chi connectivity index (χ1) is 11.1. The number of aliphatic hydroxyl groups is 1. The van der Waals surface area contributed by atoms with Crippen molar-refractivity contribution >= 4 is 5.69 Å². The SMILES string of the molecule is CC(NCc1ncc[nH]1)c1cc(F)ccc1N1CCC(O)CC1. The van der Waals surface area contributed by atoms with E-state index in [0.29, 0.717) is 6.54 Å². The molecule has 1 aromatic heterocycles. The summed E-state index contributed by atoms with van der Waals surface area (Å²) in [5, 5.41) is 13.1. The summed E-state index contributed by atoms with van der Waals surface area (Å²) in [7, 11) is 0. The van der Waals surface area contributed by atoms with E-state index in [-0.39, 0.29) is 18.0 Å². The van der Waals surface area contributed by atoms with E-state index in [1.807, 2.05) is 13.0 Å². The molecule has 6 heteroatoms. The van der Waals surface area contributed by atoms with Gasteiger partial charge in [-0.05, 0) is 43.5 Å². The number of anilines is 1. The van der Waals surface area contributed by atoms with Gasteiger partial charge in [0.1, 0.15) is 11.6 Å². The average Bonchev–Trinajstić information content (AvgIpc) is 3.07. The van der Waals surface area contributed by atoms with Crippen molar-refractivity contribution in [1.82, 2.24) is 15.3 Å². The largest absolute Gasteiger partial charge is 0.393 e. The molecular weight excluding hydrogens is 295 g/mol. The molecule has 2 heterocycles. The maximum Gasteiger partial charge on any atom is 0.123 e. The van der Waals surface area contributed by atoms with Crippen molar-refractivity contribution in [1.29, 1.82) is 0 Å². The van der Waals surface area contributed by atoms with Crippen LogP contribution in [-0.4, -0.2) is 34.3 Å². The van der Waals surface area contributed by atoms with Crippen molar-refractivity contribution in [2.75, 3.05) is 18.0 Å². The Balaban J connectivity index is 1.75. The lowest BCUT2D eigenvalue weighted by Crippen LogP contribution is -2.37. The Bertz CT molecular complexity index is 624. The Hall–Kier alpha value is -1.92. The van der Waals surface area contributed by atoms with E-state index in [2.05, 4.69) is 20.2 Å². The van der Waals surface area contributed by atoms with Crippen molar-refractivity contribution < 1.29 is 9.50 Å². The molecule has 1 aliphatic heterocycles. The standard InChI is InChI=1S/C17H23FN4O/c1-12(21-11-17-19-6-7-20-17)15-10-13(18)2-3-16(15)22-8-4-14(23)5-9-22/h2-3,6-7,10,12,14,21,23H,4-5,8-9,11H2,1H3,(H,19,20). The van der Waals surface area contributed by atoms with Crippen molar-refractivity contribution in [3.63, 3.8) is 0 Å². The van der Waals surface area contributed by atoms with Crippen LogP contribution in [0.1, 0.15) is 37.2 Å². The fourth-order valence-corrected chi connectivity index (χ4v) is 3.02. The van der Waals surface area contributed by atoms with Gasteiger partial charge in [-0.2, -0.15) is 0 Å². The maximum absolute atomic E-state index is 13.7. The number of piperidine rings is 1. The summed E-state index contributed by atoms with van der Waals surface area (Å²) in [5.41, 5.74) is 1.98. The van der Waals surface area contributed by atoms with Crippen LogP contribution in [0.15, 0.2) is 30.6 Å². The summed E-state index contributed by atoms with van der Waals surface area (Å²) < 4.78 is 13.7. The zero-order valence-electron chi connectivity index (χ0n) is 13.3. The topological polar surface area (TPSA) is 64.2 Å². The minimum Gasteiger partial charge on any atom is -0.393 e. The van der Waals surface area contributed by atoms with Gasteiger partial charge in [0, 0.05) is 37.2 Å². The molecule has 5 nitrogen and oxygen atoms in total. The van der Waals surface area contributed by atoms with E-state index in [9.17, 15) is 9.50 Å². The molecule has 0 radical (unpaired) electrons. The Morgan fingerprint density at radius 1 is 1.43 bits per heavy atom. The first kappa shape index (κ1) is 16.0. The number of halogens is 1. The van der Waals surface area contributed by atoms with Gasteiger partial charge in [-0.1, -0.05) is 0 Å². The van der Waals surface area contributed by atoms with Crippen LogP contribution in [0.3, 0.4) is 0 Å². The van der Waals surface area contributed by atoms with Crippen LogP contribution in [0.25, 0.3) is 0 Å². The number of hydrogen-bond acceptors (Lipinski definition) is 4. The number of hydrogen-bond donors (Lipinski definition) is 3. The molecule has 3 rings (SSSR count). The Labute approximate surface area is 135 Å². The summed E-state index contributed by atoms with van der Waals surface area (Å²) in [4.78, 5) is 9.47. The van der Waals surface area contributed by atoms with Crippen molar-refractivity contribution in [2.24, 2.45) is 0 Å². The molecule has 1 atom stereocenters. The highest BCUT2D eigenvalue weighted by Gasteiger charge is 2.21. The molecule has 0 saturated carbocycles. The fraction of sp³-hybridized carbons (Fsp3) is 0.471. The number of rotatable bonds is 5. The van der Waals surface area contributed by atoms with E-state index in [1.165, 1.54) is 6.07 Å². The third kappa shape index (κ3) is 3.89. The van der Waals surface area contributed by atoms with Crippen molar-refractivity contribution in [3.8, 4) is 0 Å². The summed E-state index contributed by atoms with van der Waals surface area (Å²) in [6, 6.07) is 4.94. The van der Waals surface area contributed by atoms with Gasteiger partial charge in [0.05, 0.1) is 12.6 Å². The molecule has 1 fully saturated rings. The van der Waals surface area contributed by atoms with Crippen LogP contribution in [0.5, 0.6) is 0 Å². The number of benzene rings is 1. The van der Waals surface area contributed by atoms with E-state index >= 15 is 0 Å². The zero-order chi connectivity index (χ0) is 16.2. The summed E-state index contributed by atoms with van der Waals surface area (Å²) in [6.07, 6.45) is 4.79. The first-order valence-electron chi connectivity index (χ1n) is 8.07. The van der Waals surface area contributed by atoms with Crippen LogP contribution < -0.4 is 10.2 Å². The van der Waals surface area contributed by atoms with Crippen LogP contribution in [0.2, 0.25) is 0 Å². The first-order valence-corrected chi connectivity index (χ1v) is 8.07. The molecule has 1 saturated heterocycles. The van der Waals surface area contributed by atoms with E-state index in [4.69, 9.17) is 0 Å². The predicted molar refractivity (Wildman–Crippen MR) is 87.7 cm³/mol. The monoisotopic (exact) mass is 318 g/mol. The summed E-state index contributed by atoms with van der Waals surface area (Å²) in [6.45, 7) is 4.22. The van der Waals surface area contributed by atoms with Crippen molar-refractivity contribution in [3.05, 3.63) is 47.8 Å². The highest BCUT2D eigenvalue weighted by atomic mass is 19.1. The molecule has 2 aromatic rings. The molecule has 1 aromatic carbocycles. The second-order valence-electron chi connectivity index (χ2n) is 6.06. The molecule has 1 unspecified atom stereocenters. The molecule has 0 bridgehead atoms. The predicted octanol–water partition coefficient (Wildman–Crippen LogP) is 2.36. The second kappa shape index (κ2) is 7.10. The number of nitrogens with zero attached hydrogens (tertiary/aromatic N) is 2. The maximum atomic E-state index is 13.7. The van der Waals surface area contributed by atoms with Gasteiger partial charge in [0.15, 0.2) is 0 Å². The quantitative estimate of drug-likeness (QED) is 0.792. The lowest BCUT2D eigenvalue weighted by molar-refractivity contribution is 0.145. The fourth-order valence-electron chi connectivity index (χ4n) is 3.02. The van der Waals surface area contributed by atoms with E-state index < -0.39 is 0 Å². The number of aromatic nitrogens is 2. The van der Waals surface area contributed by atoms with Crippen LogP contribution in [-0.2, 0) is 6.54 Å². The molecule has 23 heavy (non-hydrogen) atoms. The molecule has 3 N–H and O–H groups in total. The number of aromatic amines is 1. The molecule has 1 aliphatic rings. The second-order valence-corrected chi connectivity index (χ2v) is 6.06. The minimum absolute atomic E-state index is 0.00218. The highest BCUT2D eigenvalue weighted by Crippen LogP contribution is 2.29. The minimum atomic E-state index is -0.229. The number of imidazole rings is 1.